The molecule has 5 heteroatoms. The van der Waals surface area contributed by atoms with Gasteiger partial charge >= 0.3 is 0 Å². The Bertz CT molecular complexity index is 572. The number of benzene rings is 1. The second-order valence-electron chi connectivity index (χ2n) is 4.01. The van der Waals surface area contributed by atoms with E-state index in [0.29, 0.717) is 16.6 Å². The monoisotopic (exact) mass is 292 g/mol. The number of nitrogens with zero attached hydrogens (tertiary/aromatic N) is 1. The lowest BCUT2D eigenvalue weighted by Gasteiger charge is -2.05. The Kier molecular flexibility index (Phi) is 4.82. The number of aromatic nitrogens is 1. The van der Waals surface area contributed by atoms with Gasteiger partial charge < -0.3 is 5.32 Å². The molecule has 0 radical (unpaired) electrons. The summed E-state index contributed by atoms with van der Waals surface area (Å²) in [6, 6.07) is 11.1. The number of rotatable bonds is 4. The van der Waals surface area contributed by atoms with Crippen LogP contribution in [0.5, 0.6) is 0 Å². The summed E-state index contributed by atoms with van der Waals surface area (Å²) >= 11 is 7.26. The van der Waals surface area contributed by atoms with Crippen molar-refractivity contribution in [1.29, 1.82) is 0 Å². The van der Waals surface area contributed by atoms with E-state index in [1.807, 2.05) is 43.3 Å². The molecule has 0 aliphatic heterocycles. The average molecular weight is 293 g/mol. The third-order valence-corrected chi connectivity index (χ3v) is 3.63. The van der Waals surface area contributed by atoms with Gasteiger partial charge in [-0.1, -0.05) is 11.6 Å². The number of hydrogen-bond acceptors (Lipinski definition) is 3. The Labute approximate surface area is 121 Å². The Hall–Kier alpha value is -1.52. The summed E-state index contributed by atoms with van der Waals surface area (Å²) in [5, 5.41) is 3.46. The summed E-state index contributed by atoms with van der Waals surface area (Å²) in [6.07, 6.45) is 1.68. The molecule has 0 unspecified atom stereocenters. The number of halogens is 1. The molecule has 0 atom stereocenters. The third kappa shape index (κ3) is 4.58. The fraction of sp³-hybridized carbons (Fsp3) is 0.143. The molecule has 1 N–H and O–H groups in total. The number of carbonyl (C=O) groups excluding carboxylic acids is 1. The summed E-state index contributed by atoms with van der Waals surface area (Å²) in [6.45, 7) is 1.96. The molecule has 2 aromatic rings. The van der Waals surface area contributed by atoms with E-state index < -0.39 is 0 Å². The van der Waals surface area contributed by atoms with Crippen LogP contribution in [0.2, 0.25) is 5.02 Å². The van der Waals surface area contributed by atoms with Crippen molar-refractivity contribution >= 4 is 35.1 Å². The van der Waals surface area contributed by atoms with Gasteiger partial charge in [0.05, 0.1) is 5.75 Å². The van der Waals surface area contributed by atoms with Crippen molar-refractivity contribution in [3.63, 3.8) is 0 Å². The number of aryl methyl sites for hydroxylation is 1. The molecule has 3 nitrogen and oxygen atoms in total. The molecule has 0 aliphatic rings. The molecule has 19 heavy (non-hydrogen) atoms. The topological polar surface area (TPSA) is 42.0 Å². The number of carbonyl (C=O) groups is 1. The summed E-state index contributed by atoms with van der Waals surface area (Å²) in [7, 11) is 0. The quantitative estimate of drug-likeness (QED) is 0.872. The SMILES string of the molecule is Cc1ccnc(NC(=O)CSc2ccc(Cl)cc2)c1. The van der Waals surface area contributed by atoms with Gasteiger partial charge in [0.25, 0.3) is 0 Å². The van der Waals surface area contributed by atoms with E-state index in [-0.39, 0.29) is 5.91 Å². The van der Waals surface area contributed by atoms with Gasteiger partial charge in [0.1, 0.15) is 5.82 Å². The van der Waals surface area contributed by atoms with Crippen molar-refractivity contribution in [2.45, 2.75) is 11.8 Å². The summed E-state index contributed by atoms with van der Waals surface area (Å²) in [4.78, 5) is 16.9. The molecule has 0 saturated heterocycles. The van der Waals surface area contributed by atoms with Crippen LogP contribution in [-0.2, 0) is 4.79 Å². The molecule has 98 valence electrons. The summed E-state index contributed by atoms with van der Waals surface area (Å²) in [5.74, 6) is 0.858. The van der Waals surface area contributed by atoms with Crippen molar-refractivity contribution in [2.24, 2.45) is 0 Å². The molecular weight excluding hydrogens is 280 g/mol. The van der Waals surface area contributed by atoms with Gasteiger partial charge in [-0.15, -0.1) is 11.8 Å². The Balaban J connectivity index is 1.86. The van der Waals surface area contributed by atoms with Crippen LogP contribution >= 0.6 is 23.4 Å². The minimum atomic E-state index is -0.0713. The highest BCUT2D eigenvalue weighted by Gasteiger charge is 2.04. The predicted octanol–water partition coefficient (Wildman–Crippen LogP) is 3.77. The standard InChI is InChI=1S/C14H13ClN2OS/c1-10-6-7-16-13(8-10)17-14(18)9-19-12-4-2-11(15)3-5-12/h2-8H,9H2,1H3,(H,16,17,18). The number of pyridine rings is 1. The van der Waals surface area contributed by atoms with Gasteiger partial charge in [-0.05, 0) is 48.9 Å². The van der Waals surface area contributed by atoms with E-state index in [4.69, 9.17) is 11.6 Å². The normalized spacial score (nSPS) is 10.2. The first-order chi connectivity index (χ1) is 9.13. The molecule has 1 heterocycles. The van der Waals surface area contributed by atoms with E-state index >= 15 is 0 Å². The molecule has 1 amide bonds. The molecule has 0 fully saturated rings. The Morgan fingerprint density at radius 3 is 2.74 bits per heavy atom. The molecular formula is C14H13ClN2OS. The zero-order valence-corrected chi connectivity index (χ0v) is 12.0. The van der Waals surface area contributed by atoms with Crippen LogP contribution in [0, 0.1) is 6.92 Å². The van der Waals surface area contributed by atoms with Gasteiger partial charge in [-0.2, -0.15) is 0 Å². The molecule has 0 spiro atoms. The molecule has 0 bridgehead atoms. The van der Waals surface area contributed by atoms with Gasteiger partial charge in [-0.3, -0.25) is 4.79 Å². The predicted molar refractivity (Wildman–Crippen MR) is 79.8 cm³/mol. The Morgan fingerprint density at radius 1 is 1.32 bits per heavy atom. The lowest BCUT2D eigenvalue weighted by Crippen LogP contribution is -2.14. The minimum absolute atomic E-state index is 0.0713. The highest BCUT2D eigenvalue weighted by molar-refractivity contribution is 8.00. The number of amides is 1. The molecule has 0 saturated carbocycles. The van der Waals surface area contributed by atoms with Crippen LogP contribution in [0.15, 0.2) is 47.5 Å². The first-order valence-corrected chi connectivity index (χ1v) is 7.11. The summed E-state index contributed by atoms with van der Waals surface area (Å²) < 4.78 is 0. The van der Waals surface area contributed by atoms with Crippen LogP contribution in [0.1, 0.15) is 5.56 Å². The smallest absolute Gasteiger partial charge is 0.235 e. The maximum atomic E-state index is 11.8. The van der Waals surface area contributed by atoms with E-state index in [1.54, 1.807) is 6.20 Å². The second-order valence-corrected chi connectivity index (χ2v) is 5.49. The zero-order chi connectivity index (χ0) is 13.7. The van der Waals surface area contributed by atoms with Crippen molar-refractivity contribution in [3.8, 4) is 0 Å². The maximum Gasteiger partial charge on any atom is 0.235 e. The summed E-state index contributed by atoms with van der Waals surface area (Å²) in [5.41, 5.74) is 1.07. The van der Waals surface area contributed by atoms with Crippen LogP contribution in [0.4, 0.5) is 5.82 Å². The number of anilines is 1. The van der Waals surface area contributed by atoms with Crippen LogP contribution < -0.4 is 5.32 Å². The highest BCUT2D eigenvalue weighted by atomic mass is 35.5. The van der Waals surface area contributed by atoms with Crippen LogP contribution in [-0.4, -0.2) is 16.6 Å². The van der Waals surface area contributed by atoms with Gasteiger partial charge in [0.15, 0.2) is 0 Å². The zero-order valence-electron chi connectivity index (χ0n) is 10.4. The van der Waals surface area contributed by atoms with E-state index in [1.165, 1.54) is 11.8 Å². The molecule has 0 aliphatic carbocycles. The largest absolute Gasteiger partial charge is 0.310 e. The van der Waals surface area contributed by atoms with E-state index in [9.17, 15) is 4.79 Å². The van der Waals surface area contributed by atoms with Gasteiger partial charge in [0, 0.05) is 16.1 Å². The van der Waals surface area contributed by atoms with E-state index in [0.717, 1.165) is 10.5 Å². The van der Waals surface area contributed by atoms with Crippen LogP contribution in [0.3, 0.4) is 0 Å². The number of thioether (sulfide) groups is 1. The number of hydrogen-bond donors (Lipinski definition) is 1. The van der Waals surface area contributed by atoms with Crippen molar-refractivity contribution in [3.05, 3.63) is 53.2 Å². The highest BCUT2D eigenvalue weighted by Crippen LogP contribution is 2.20. The fourth-order valence-corrected chi connectivity index (χ4v) is 2.29. The van der Waals surface area contributed by atoms with Crippen molar-refractivity contribution < 1.29 is 4.79 Å². The Morgan fingerprint density at radius 2 is 2.05 bits per heavy atom. The lowest BCUT2D eigenvalue weighted by atomic mass is 10.3. The average Bonchev–Trinajstić information content (AvgIpc) is 2.38. The van der Waals surface area contributed by atoms with Crippen molar-refractivity contribution in [1.82, 2.24) is 4.98 Å². The number of nitrogens with one attached hydrogen (secondary N) is 1. The molecule has 1 aromatic heterocycles. The first kappa shape index (κ1) is 13.9. The minimum Gasteiger partial charge on any atom is -0.310 e. The van der Waals surface area contributed by atoms with Gasteiger partial charge in [0.2, 0.25) is 5.91 Å². The maximum absolute atomic E-state index is 11.8. The first-order valence-electron chi connectivity index (χ1n) is 5.74. The van der Waals surface area contributed by atoms with Crippen LogP contribution in [0.25, 0.3) is 0 Å². The second kappa shape index (κ2) is 6.59. The molecule has 2 rings (SSSR count). The fourth-order valence-electron chi connectivity index (χ4n) is 1.46. The van der Waals surface area contributed by atoms with Crippen molar-refractivity contribution in [2.75, 3.05) is 11.1 Å². The molecule has 1 aromatic carbocycles. The van der Waals surface area contributed by atoms with E-state index in [2.05, 4.69) is 10.3 Å². The van der Waals surface area contributed by atoms with Gasteiger partial charge in [-0.25, -0.2) is 4.98 Å². The third-order valence-electron chi connectivity index (χ3n) is 2.37. The lowest BCUT2D eigenvalue weighted by molar-refractivity contribution is -0.113.